The van der Waals surface area contributed by atoms with Crippen LogP contribution in [-0.2, 0) is 4.33 Å². The average molecular weight is 457 g/mol. The third-order valence-corrected chi connectivity index (χ3v) is 10.7. The van der Waals surface area contributed by atoms with Crippen molar-refractivity contribution in [2.45, 2.75) is 33.4 Å². The Morgan fingerprint density at radius 3 is 2.42 bits per heavy atom. The number of hydrogen-bond donors (Lipinski definition) is 0. The van der Waals surface area contributed by atoms with Crippen LogP contribution in [0.4, 0.5) is 0 Å². The predicted octanol–water partition coefficient (Wildman–Crippen LogP) is 6.51. The van der Waals surface area contributed by atoms with Gasteiger partial charge in [-0.25, -0.2) is 0 Å². The fourth-order valence-corrected chi connectivity index (χ4v) is 9.66. The molecule has 4 heterocycles. The number of thioether (sulfide) groups is 2. The molecule has 2 atom stereocenters. The zero-order chi connectivity index (χ0) is 20.6. The van der Waals surface area contributed by atoms with Crippen LogP contribution < -0.4 is 9.13 Å². The molecule has 0 N–H and O–H groups in total. The van der Waals surface area contributed by atoms with E-state index in [2.05, 4.69) is 101 Å². The van der Waals surface area contributed by atoms with Crippen molar-refractivity contribution >= 4 is 40.9 Å². The van der Waals surface area contributed by atoms with E-state index in [-0.39, 0.29) is 4.33 Å². The Labute approximate surface area is 194 Å². The molecular weight excluding hydrogens is 437 g/mol. The molecule has 0 saturated carbocycles. The lowest BCUT2D eigenvalue weighted by Gasteiger charge is -2.30. The zero-order valence-electron chi connectivity index (χ0n) is 17.0. The third kappa shape index (κ3) is 2.43. The number of fused-ring (bicyclic) bond motifs is 10. The van der Waals surface area contributed by atoms with Gasteiger partial charge >= 0.3 is 4.33 Å². The van der Waals surface area contributed by atoms with Gasteiger partial charge in [0, 0.05) is 57.4 Å². The topological polar surface area (TPSA) is 7.76 Å². The maximum atomic E-state index is 2.62. The second-order valence-electron chi connectivity index (χ2n) is 8.23. The Hall–Kier alpha value is -2.34. The maximum Gasteiger partial charge on any atom is 0.472 e. The molecule has 150 valence electrons. The summed E-state index contributed by atoms with van der Waals surface area (Å²) >= 11 is 5.92. The molecule has 0 radical (unpaired) electrons. The molecular formula is C26H20N2S3+2. The van der Waals surface area contributed by atoms with Crippen LogP contribution in [0.1, 0.15) is 29.8 Å². The summed E-state index contributed by atoms with van der Waals surface area (Å²) in [6.07, 6.45) is 8.09. The summed E-state index contributed by atoms with van der Waals surface area (Å²) in [6, 6.07) is 24.3. The first-order chi connectivity index (χ1) is 15.3. The summed E-state index contributed by atoms with van der Waals surface area (Å²) in [7, 11) is 0. The molecule has 0 amide bonds. The first kappa shape index (κ1) is 18.3. The van der Waals surface area contributed by atoms with E-state index in [1.54, 1.807) is 0 Å². The van der Waals surface area contributed by atoms with E-state index in [0.29, 0.717) is 5.92 Å². The largest absolute Gasteiger partial charge is 0.472 e. The van der Waals surface area contributed by atoms with E-state index < -0.39 is 0 Å². The van der Waals surface area contributed by atoms with Crippen LogP contribution in [0, 0.1) is 0 Å². The van der Waals surface area contributed by atoms with Crippen LogP contribution in [0.15, 0.2) is 88.8 Å². The van der Waals surface area contributed by atoms with Crippen molar-refractivity contribution in [3.05, 3.63) is 89.6 Å². The second kappa shape index (κ2) is 6.58. The van der Waals surface area contributed by atoms with Crippen LogP contribution in [-0.4, -0.2) is 0 Å². The van der Waals surface area contributed by atoms with E-state index in [1.165, 1.54) is 42.2 Å². The van der Waals surface area contributed by atoms with Gasteiger partial charge in [0.15, 0.2) is 6.20 Å². The predicted molar refractivity (Wildman–Crippen MR) is 129 cm³/mol. The van der Waals surface area contributed by atoms with Crippen LogP contribution in [0.5, 0.6) is 0 Å². The smallest absolute Gasteiger partial charge is 0.114 e. The Bertz CT molecular complexity index is 1400. The zero-order valence-corrected chi connectivity index (χ0v) is 19.4. The van der Waals surface area contributed by atoms with E-state index in [1.807, 2.05) is 34.9 Å². The second-order valence-corrected chi connectivity index (χ2v) is 11.9. The number of pyridine rings is 1. The molecule has 0 bridgehead atoms. The monoisotopic (exact) mass is 456 g/mol. The number of benzene rings is 2. The fourth-order valence-electron chi connectivity index (χ4n) is 4.89. The van der Waals surface area contributed by atoms with Gasteiger partial charge in [0.05, 0.1) is 16.0 Å². The Kier molecular flexibility index (Phi) is 3.87. The molecule has 5 heteroatoms. The lowest BCUT2D eigenvalue weighted by molar-refractivity contribution is -0.925. The molecule has 1 spiro atoms. The lowest BCUT2D eigenvalue weighted by atomic mass is 9.99. The van der Waals surface area contributed by atoms with Crippen LogP contribution in [0.25, 0.3) is 27.9 Å². The lowest BCUT2D eigenvalue weighted by Crippen LogP contribution is -2.73. The van der Waals surface area contributed by atoms with Crippen LogP contribution in [0.3, 0.4) is 0 Å². The minimum Gasteiger partial charge on any atom is -0.114 e. The highest BCUT2D eigenvalue weighted by Crippen LogP contribution is 2.56. The Morgan fingerprint density at radius 2 is 1.58 bits per heavy atom. The fraction of sp³-hybridized carbons (Fsp3) is 0.154. The molecule has 4 aromatic rings. The summed E-state index contributed by atoms with van der Waals surface area (Å²) < 4.78 is 4.78. The quantitative estimate of drug-likeness (QED) is 0.279. The summed E-state index contributed by atoms with van der Waals surface area (Å²) in [5.41, 5.74) is 5.31. The van der Waals surface area contributed by atoms with Crippen molar-refractivity contribution in [3.63, 3.8) is 0 Å². The molecule has 0 fully saturated rings. The normalized spacial score (nSPS) is 22.3. The highest BCUT2D eigenvalue weighted by atomic mass is 32.2. The maximum absolute atomic E-state index is 2.62. The van der Waals surface area contributed by atoms with Gasteiger partial charge in [0.25, 0.3) is 5.01 Å². The van der Waals surface area contributed by atoms with Crippen LogP contribution >= 0.6 is 34.9 Å². The van der Waals surface area contributed by atoms with Gasteiger partial charge in [0.2, 0.25) is 11.4 Å². The number of nitrogens with zero attached hydrogens (tertiary/aromatic N) is 2. The number of hydrogen-bond acceptors (Lipinski definition) is 3. The van der Waals surface area contributed by atoms with Crippen LogP contribution in [0.2, 0.25) is 0 Å². The van der Waals surface area contributed by atoms with Gasteiger partial charge in [0.1, 0.15) is 0 Å². The first-order valence-electron chi connectivity index (χ1n) is 10.6. The van der Waals surface area contributed by atoms with E-state index in [9.17, 15) is 0 Å². The molecule has 0 saturated heterocycles. The first-order valence-corrected chi connectivity index (χ1v) is 13.0. The van der Waals surface area contributed by atoms with Crippen molar-refractivity contribution in [3.8, 4) is 21.8 Å². The highest BCUT2D eigenvalue weighted by Gasteiger charge is 2.63. The van der Waals surface area contributed by atoms with E-state index in [4.69, 9.17) is 0 Å². The Balaban J connectivity index is 1.61. The highest BCUT2D eigenvalue weighted by molar-refractivity contribution is 8.16. The standard InChI is InChI=1S/C26H20N2S3/c1-17-9-8-13-21-24(17)29-25-19-11-3-5-15-23(19)31-26(28(21)25)27-16-7-6-12-20(27)18-10-2-4-14-22(18)30-26/h2-8,10-17H,9H2,1H3/q+2. The minimum absolute atomic E-state index is 0.333. The molecule has 2 aliphatic heterocycles. The van der Waals surface area contributed by atoms with Crippen molar-refractivity contribution in [1.29, 1.82) is 0 Å². The molecule has 31 heavy (non-hydrogen) atoms. The van der Waals surface area contributed by atoms with Gasteiger partial charge in [-0.15, -0.1) is 4.57 Å². The molecule has 7 rings (SSSR count). The van der Waals surface area contributed by atoms with Gasteiger partial charge < -0.3 is 0 Å². The summed E-state index contributed by atoms with van der Waals surface area (Å²) in [5, 5.41) is 1.37. The SMILES string of the molecule is CC1CC=Cc2c1sc1[n+]2C2(Sc3ccccc3-c3cccc[n+]32)Sc2ccccc2-1. The number of thiazole rings is 1. The minimum atomic E-state index is -0.333. The molecule has 2 aromatic carbocycles. The summed E-state index contributed by atoms with van der Waals surface area (Å²) in [6.45, 7) is 2.36. The summed E-state index contributed by atoms with van der Waals surface area (Å²) in [4.78, 5) is 4.20. The number of aromatic nitrogens is 2. The number of allylic oxidation sites excluding steroid dienone is 1. The van der Waals surface area contributed by atoms with Crippen molar-refractivity contribution < 1.29 is 9.13 Å². The molecule has 2 aromatic heterocycles. The average Bonchev–Trinajstić information content (AvgIpc) is 3.22. The van der Waals surface area contributed by atoms with Gasteiger partial charge in [-0.3, -0.25) is 0 Å². The molecule has 2 unspecified atom stereocenters. The number of rotatable bonds is 0. The third-order valence-electron chi connectivity index (χ3n) is 6.33. The van der Waals surface area contributed by atoms with Crippen molar-refractivity contribution in [2.24, 2.45) is 0 Å². The van der Waals surface area contributed by atoms with Gasteiger partial charge in [-0.1, -0.05) is 53.2 Å². The Morgan fingerprint density at radius 1 is 0.871 bits per heavy atom. The molecule has 3 aliphatic rings. The van der Waals surface area contributed by atoms with E-state index in [0.717, 1.165) is 6.42 Å². The van der Waals surface area contributed by atoms with Gasteiger partial charge in [-0.05, 0) is 36.8 Å². The summed E-state index contributed by atoms with van der Waals surface area (Å²) in [5.74, 6) is 0.554. The molecule has 2 nitrogen and oxygen atoms in total. The van der Waals surface area contributed by atoms with E-state index >= 15 is 0 Å². The molecule has 1 aliphatic carbocycles. The van der Waals surface area contributed by atoms with Gasteiger partial charge in [-0.2, -0.15) is 0 Å². The van der Waals surface area contributed by atoms with Crippen molar-refractivity contribution in [2.75, 3.05) is 0 Å². The van der Waals surface area contributed by atoms with Crippen molar-refractivity contribution in [1.82, 2.24) is 0 Å².